The van der Waals surface area contributed by atoms with Gasteiger partial charge >= 0.3 is 0 Å². The predicted octanol–water partition coefficient (Wildman–Crippen LogP) is 1.93. The minimum absolute atomic E-state index is 0.0844. The lowest BCUT2D eigenvalue weighted by Crippen LogP contribution is -2.38. The molecule has 2 aromatic rings. The van der Waals surface area contributed by atoms with Crippen LogP contribution in [0.3, 0.4) is 0 Å². The first-order valence-corrected chi connectivity index (χ1v) is 7.01. The summed E-state index contributed by atoms with van der Waals surface area (Å²) < 4.78 is 27.0. The minimum atomic E-state index is -0.918. The van der Waals surface area contributed by atoms with E-state index < -0.39 is 11.6 Å². The molecule has 1 aliphatic heterocycles. The van der Waals surface area contributed by atoms with Crippen LogP contribution in [0.1, 0.15) is 12.8 Å². The molecule has 1 fully saturated rings. The van der Waals surface area contributed by atoms with Gasteiger partial charge in [0.2, 0.25) is 5.95 Å². The van der Waals surface area contributed by atoms with E-state index in [2.05, 4.69) is 15.2 Å². The van der Waals surface area contributed by atoms with Gasteiger partial charge in [0.25, 0.3) is 0 Å². The third-order valence-corrected chi connectivity index (χ3v) is 3.82. The second-order valence-electron chi connectivity index (χ2n) is 5.28. The number of nitrogens with one attached hydrogen (secondary N) is 1. The first-order chi connectivity index (χ1) is 10.2. The summed E-state index contributed by atoms with van der Waals surface area (Å²) in [5.41, 5.74) is 5.79. The molecule has 21 heavy (non-hydrogen) atoms. The number of benzene rings is 1. The Labute approximate surface area is 121 Å². The maximum absolute atomic E-state index is 13.8. The lowest BCUT2D eigenvalue weighted by atomic mass is 9.99. The Kier molecular flexibility index (Phi) is 3.83. The Morgan fingerprint density at radius 1 is 1.38 bits per heavy atom. The highest BCUT2D eigenvalue weighted by Crippen LogP contribution is 2.24. The number of nitrogens with two attached hydrogens (primary N) is 1. The third kappa shape index (κ3) is 2.73. The van der Waals surface area contributed by atoms with Crippen LogP contribution in [0, 0.1) is 17.6 Å². The van der Waals surface area contributed by atoms with Crippen LogP contribution < -0.4 is 10.6 Å². The molecular weight excluding hydrogens is 276 g/mol. The quantitative estimate of drug-likeness (QED) is 0.907. The topological polar surface area (TPSA) is 70.8 Å². The lowest BCUT2D eigenvalue weighted by Gasteiger charge is -2.31. The fourth-order valence-electron chi connectivity index (χ4n) is 2.64. The monoisotopic (exact) mass is 293 g/mol. The Bertz CT molecular complexity index is 628. The van der Waals surface area contributed by atoms with Crippen LogP contribution in [-0.2, 0) is 0 Å². The lowest BCUT2D eigenvalue weighted by molar-refractivity contribution is 0.420. The van der Waals surface area contributed by atoms with Gasteiger partial charge in [0.15, 0.2) is 17.5 Å². The van der Waals surface area contributed by atoms with Gasteiger partial charge in [0.05, 0.1) is 5.56 Å². The van der Waals surface area contributed by atoms with Crippen LogP contribution in [-0.4, -0.2) is 34.8 Å². The molecule has 5 nitrogen and oxygen atoms in total. The van der Waals surface area contributed by atoms with Crippen molar-refractivity contribution in [2.75, 3.05) is 24.5 Å². The molecule has 3 N–H and O–H groups in total. The summed E-state index contributed by atoms with van der Waals surface area (Å²) in [4.78, 5) is 6.31. The summed E-state index contributed by atoms with van der Waals surface area (Å²) in [6.07, 6.45) is 2.13. The molecule has 1 atom stereocenters. The number of halogens is 2. The molecule has 1 aromatic carbocycles. The number of rotatable bonds is 3. The summed E-state index contributed by atoms with van der Waals surface area (Å²) in [5, 5.41) is 6.80. The molecule has 1 aliphatic rings. The molecule has 0 bridgehead atoms. The van der Waals surface area contributed by atoms with Gasteiger partial charge < -0.3 is 10.6 Å². The van der Waals surface area contributed by atoms with Crippen molar-refractivity contribution in [3.8, 4) is 11.4 Å². The van der Waals surface area contributed by atoms with Gasteiger partial charge in [-0.25, -0.2) is 8.78 Å². The van der Waals surface area contributed by atoms with E-state index in [1.165, 1.54) is 12.1 Å². The zero-order valence-electron chi connectivity index (χ0n) is 11.5. The second-order valence-corrected chi connectivity index (χ2v) is 5.28. The van der Waals surface area contributed by atoms with Crippen molar-refractivity contribution in [3.63, 3.8) is 0 Å². The number of H-pyrrole nitrogens is 1. The van der Waals surface area contributed by atoms with E-state index in [9.17, 15) is 8.78 Å². The SMILES string of the molecule is NCC1CCCN(c2n[nH]c(-c3cccc(F)c3F)n2)C1. The zero-order chi connectivity index (χ0) is 14.8. The first-order valence-electron chi connectivity index (χ1n) is 7.01. The molecule has 0 spiro atoms. The van der Waals surface area contributed by atoms with Crippen LogP contribution in [0.4, 0.5) is 14.7 Å². The summed E-state index contributed by atoms with van der Waals surface area (Å²) in [7, 11) is 0. The maximum Gasteiger partial charge on any atom is 0.245 e. The molecule has 0 aliphatic carbocycles. The highest BCUT2D eigenvalue weighted by molar-refractivity contribution is 5.57. The first kappa shape index (κ1) is 13.9. The molecule has 3 rings (SSSR count). The number of aromatic nitrogens is 3. The number of hydrogen-bond acceptors (Lipinski definition) is 4. The summed E-state index contributed by atoms with van der Waals surface area (Å²) in [6.45, 7) is 2.27. The number of hydrogen-bond donors (Lipinski definition) is 2. The van der Waals surface area contributed by atoms with Crippen LogP contribution in [0.25, 0.3) is 11.4 Å². The standard InChI is InChI=1S/C14H17F2N5/c15-11-5-1-4-10(12(11)16)13-18-14(20-19-13)21-6-2-3-9(7-17)8-21/h1,4-5,9H,2-3,6-8,17H2,(H,18,19,20). The minimum Gasteiger partial charge on any atom is -0.339 e. The van der Waals surface area contributed by atoms with Crippen molar-refractivity contribution < 1.29 is 8.78 Å². The summed E-state index contributed by atoms with van der Waals surface area (Å²) >= 11 is 0. The molecule has 112 valence electrons. The van der Waals surface area contributed by atoms with E-state index in [1.807, 2.05) is 4.90 Å². The Balaban J connectivity index is 1.85. The number of anilines is 1. The van der Waals surface area contributed by atoms with Gasteiger partial charge in [-0.05, 0) is 37.4 Å². The third-order valence-electron chi connectivity index (χ3n) is 3.82. The van der Waals surface area contributed by atoms with Crippen molar-refractivity contribution in [1.82, 2.24) is 15.2 Å². The molecular formula is C14H17F2N5. The number of nitrogens with zero attached hydrogens (tertiary/aromatic N) is 3. The van der Waals surface area contributed by atoms with E-state index in [-0.39, 0.29) is 11.4 Å². The molecule has 7 heteroatoms. The highest BCUT2D eigenvalue weighted by atomic mass is 19.2. The van der Waals surface area contributed by atoms with Crippen LogP contribution in [0.15, 0.2) is 18.2 Å². The normalized spacial score (nSPS) is 19.0. The summed E-state index contributed by atoms with van der Waals surface area (Å²) in [6, 6.07) is 4.00. The Hall–Kier alpha value is -2.02. The van der Waals surface area contributed by atoms with Crippen LogP contribution in [0.5, 0.6) is 0 Å². The Morgan fingerprint density at radius 2 is 2.24 bits per heavy atom. The van der Waals surface area contributed by atoms with Gasteiger partial charge in [0, 0.05) is 13.1 Å². The predicted molar refractivity (Wildman–Crippen MR) is 75.7 cm³/mol. The fourth-order valence-corrected chi connectivity index (χ4v) is 2.64. The van der Waals surface area contributed by atoms with E-state index >= 15 is 0 Å². The molecule has 1 saturated heterocycles. The molecule has 0 saturated carbocycles. The molecule has 1 aromatic heterocycles. The fraction of sp³-hybridized carbons (Fsp3) is 0.429. The van der Waals surface area contributed by atoms with Gasteiger partial charge in [-0.2, -0.15) is 4.98 Å². The smallest absolute Gasteiger partial charge is 0.245 e. The van der Waals surface area contributed by atoms with E-state index in [4.69, 9.17) is 5.73 Å². The number of aromatic amines is 1. The van der Waals surface area contributed by atoms with E-state index in [0.717, 1.165) is 32.0 Å². The largest absolute Gasteiger partial charge is 0.339 e. The van der Waals surface area contributed by atoms with Crippen molar-refractivity contribution in [2.45, 2.75) is 12.8 Å². The molecule has 0 amide bonds. The number of piperidine rings is 1. The molecule has 2 heterocycles. The van der Waals surface area contributed by atoms with Gasteiger partial charge in [0.1, 0.15) is 0 Å². The van der Waals surface area contributed by atoms with Crippen molar-refractivity contribution in [2.24, 2.45) is 11.7 Å². The molecule has 0 radical (unpaired) electrons. The highest BCUT2D eigenvalue weighted by Gasteiger charge is 2.22. The van der Waals surface area contributed by atoms with E-state index in [1.54, 1.807) is 0 Å². The van der Waals surface area contributed by atoms with Crippen molar-refractivity contribution in [3.05, 3.63) is 29.8 Å². The van der Waals surface area contributed by atoms with Crippen molar-refractivity contribution in [1.29, 1.82) is 0 Å². The van der Waals surface area contributed by atoms with Gasteiger partial charge in [-0.1, -0.05) is 6.07 Å². The average Bonchev–Trinajstić information content (AvgIpc) is 3.00. The Morgan fingerprint density at radius 3 is 3.05 bits per heavy atom. The van der Waals surface area contributed by atoms with Crippen LogP contribution in [0.2, 0.25) is 0 Å². The second kappa shape index (κ2) is 5.77. The van der Waals surface area contributed by atoms with E-state index in [0.29, 0.717) is 18.4 Å². The van der Waals surface area contributed by atoms with Crippen molar-refractivity contribution >= 4 is 5.95 Å². The molecule has 1 unspecified atom stereocenters. The maximum atomic E-state index is 13.8. The van der Waals surface area contributed by atoms with Gasteiger partial charge in [-0.3, -0.25) is 5.10 Å². The van der Waals surface area contributed by atoms with Gasteiger partial charge in [-0.15, -0.1) is 5.10 Å². The zero-order valence-corrected chi connectivity index (χ0v) is 11.5. The summed E-state index contributed by atoms with van der Waals surface area (Å²) in [5.74, 6) is -0.652. The average molecular weight is 293 g/mol. The van der Waals surface area contributed by atoms with Crippen LogP contribution >= 0.6 is 0 Å².